The summed E-state index contributed by atoms with van der Waals surface area (Å²) in [5.41, 5.74) is 0.113. The van der Waals surface area contributed by atoms with Crippen molar-refractivity contribution in [2.24, 2.45) is 0 Å². The number of nitrogens with one attached hydrogen (secondary N) is 1. The van der Waals surface area contributed by atoms with Gasteiger partial charge in [-0.3, -0.25) is 10.1 Å². The zero-order valence-electron chi connectivity index (χ0n) is 8.59. The highest BCUT2D eigenvalue weighted by Crippen LogP contribution is 2.22. The van der Waals surface area contributed by atoms with Crippen LogP contribution in [0.15, 0.2) is 36.7 Å². The van der Waals surface area contributed by atoms with Gasteiger partial charge in [0.15, 0.2) is 0 Å². The van der Waals surface area contributed by atoms with Gasteiger partial charge in [-0.15, -0.1) is 0 Å². The fraction of sp³-hybridized carbons (Fsp3) is 0. The average molecular weight is 250 g/mol. The lowest BCUT2D eigenvalue weighted by Crippen LogP contribution is -2.14. The number of anilines is 1. The first-order chi connectivity index (χ1) is 8.16. The first kappa shape index (κ1) is 11.3. The summed E-state index contributed by atoms with van der Waals surface area (Å²) in [6.45, 7) is 0. The summed E-state index contributed by atoms with van der Waals surface area (Å²) in [6, 6.07) is 5.87. The van der Waals surface area contributed by atoms with E-state index >= 15 is 0 Å². The molecule has 0 radical (unpaired) electrons. The molecule has 6 heteroatoms. The van der Waals surface area contributed by atoms with E-state index in [1.54, 1.807) is 6.07 Å². The number of nitrogens with zero attached hydrogens (tertiary/aromatic N) is 2. The second-order valence-corrected chi connectivity index (χ2v) is 3.62. The highest BCUT2D eigenvalue weighted by molar-refractivity contribution is 6.30. The van der Waals surface area contributed by atoms with Crippen LogP contribution in [0.4, 0.5) is 5.95 Å². The van der Waals surface area contributed by atoms with Gasteiger partial charge < -0.3 is 5.11 Å². The molecule has 0 saturated heterocycles. The van der Waals surface area contributed by atoms with Crippen molar-refractivity contribution in [2.45, 2.75) is 0 Å². The third kappa shape index (κ3) is 2.70. The van der Waals surface area contributed by atoms with Crippen LogP contribution in [0.5, 0.6) is 5.75 Å². The summed E-state index contributed by atoms with van der Waals surface area (Å²) in [5.74, 6) is -0.511. The number of halogens is 1. The molecule has 2 rings (SSSR count). The molecule has 0 aliphatic rings. The van der Waals surface area contributed by atoms with E-state index < -0.39 is 5.91 Å². The molecule has 1 aromatic carbocycles. The Morgan fingerprint density at radius 1 is 1.29 bits per heavy atom. The molecule has 0 spiro atoms. The van der Waals surface area contributed by atoms with Crippen molar-refractivity contribution >= 4 is 23.5 Å². The summed E-state index contributed by atoms with van der Waals surface area (Å²) < 4.78 is 0. The summed E-state index contributed by atoms with van der Waals surface area (Å²) >= 11 is 5.67. The highest BCUT2D eigenvalue weighted by atomic mass is 35.5. The van der Waals surface area contributed by atoms with E-state index in [1.807, 2.05) is 0 Å². The van der Waals surface area contributed by atoms with Crippen molar-refractivity contribution in [1.29, 1.82) is 0 Å². The zero-order chi connectivity index (χ0) is 12.3. The number of hydrogen-bond acceptors (Lipinski definition) is 4. The maximum Gasteiger partial charge on any atom is 0.261 e. The van der Waals surface area contributed by atoms with E-state index in [-0.39, 0.29) is 17.3 Å². The van der Waals surface area contributed by atoms with Crippen LogP contribution in [0.3, 0.4) is 0 Å². The van der Waals surface area contributed by atoms with E-state index in [9.17, 15) is 9.90 Å². The molecule has 0 saturated carbocycles. The first-order valence-electron chi connectivity index (χ1n) is 4.74. The lowest BCUT2D eigenvalue weighted by atomic mass is 10.2. The number of phenols is 1. The number of rotatable bonds is 2. The molecular formula is C11H8ClN3O2. The summed E-state index contributed by atoms with van der Waals surface area (Å²) in [5, 5.41) is 12.4. The minimum absolute atomic E-state index is 0.113. The van der Waals surface area contributed by atoms with Crippen molar-refractivity contribution in [3.63, 3.8) is 0 Å². The van der Waals surface area contributed by atoms with Crippen LogP contribution in [-0.4, -0.2) is 21.0 Å². The van der Waals surface area contributed by atoms with Gasteiger partial charge in [0.2, 0.25) is 5.95 Å². The number of hydrogen-bond donors (Lipinski definition) is 2. The molecule has 2 N–H and O–H groups in total. The van der Waals surface area contributed by atoms with Crippen molar-refractivity contribution in [3.8, 4) is 5.75 Å². The Labute approximate surface area is 102 Å². The summed E-state index contributed by atoms with van der Waals surface area (Å²) in [4.78, 5) is 19.4. The van der Waals surface area contributed by atoms with Crippen LogP contribution < -0.4 is 5.32 Å². The van der Waals surface area contributed by atoms with Crippen LogP contribution in [0.25, 0.3) is 0 Å². The van der Waals surface area contributed by atoms with E-state index in [0.717, 1.165) is 0 Å². The molecule has 0 aliphatic heterocycles. The topological polar surface area (TPSA) is 75.1 Å². The third-order valence-electron chi connectivity index (χ3n) is 2.00. The van der Waals surface area contributed by atoms with E-state index in [0.29, 0.717) is 5.02 Å². The normalized spacial score (nSPS) is 9.94. The molecule has 1 heterocycles. The largest absolute Gasteiger partial charge is 0.507 e. The van der Waals surface area contributed by atoms with Crippen LogP contribution in [0, 0.1) is 0 Å². The van der Waals surface area contributed by atoms with Gasteiger partial charge in [-0.05, 0) is 24.3 Å². The zero-order valence-corrected chi connectivity index (χ0v) is 9.35. The van der Waals surface area contributed by atoms with Gasteiger partial charge in [0, 0.05) is 17.4 Å². The number of phenolic OH excluding ortho intramolecular Hbond substituents is 1. The lowest BCUT2D eigenvalue weighted by Gasteiger charge is -2.05. The Morgan fingerprint density at radius 2 is 2.00 bits per heavy atom. The molecule has 0 unspecified atom stereocenters. The smallest absolute Gasteiger partial charge is 0.261 e. The van der Waals surface area contributed by atoms with Gasteiger partial charge in [-0.1, -0.05) is 11.6 Å². The molecule has 0 bridgehead atoms. The second kappa shape index (κ2) is 4.80. The Balaban J connectivity index is 2.21. The van der Waals surface area contributed by atoms with Gasteiger partial charge in [0.05, 0.1) is 5.56 Å². The highest BCUT2D eigenvalue weighted by Gasteiger charge is 2.12. The maximum absolute atomic E-state index is 11.8. The average Bonchev–Trinajstić information content (AvgIpc) is 2.30. The van der Waals surface area contributed by atoms with Gasteiger partial charge in [-0.25, -0.2) is 9.97 Å². The predicted octanol–water partition coefficient (Wildman–Crippen LogP) is 2.09. The van der Waals surface area contributed by atoms with Crippen molar-refractivity contribution in [3.05, 3.63) is 47.2 Å². The lowest BCUT2D eigenvalue weighted by molar-refractivity contribution is 0.102. The number of amides is 1. The molecule has 0 aliphatic carbocycles. The Morgan fingerprint density at radius 3 is 2.65 bits per heavy atom. The molecule has 2 aromatic rings. The molecule has 0 fully saturated rings. The van der Waals surface area contributed by atoms with Crippen LogP contribution in [0.1, 0.15) is 10.4 Å². The van der Waals surface area contributed by atoms with Gasteiger partial charge in [0.25, 0.3) is 5.91 Å². The monoisotopic (exact) mass is 249 g/mol. The van der Waals surface area contributed by atoms with Crippen LogP contribution >= 0.6 is 11.6 Å². The SMILES string of the molecule is O=C(Nc1ncccn1)c1ccc(Cl)cc1O. The maximum atomic E-state index is 11.8. The van der Waals surface area contributed by atoms with E-state index in [4.69, 9.17) is 11.6 Å². The predicted molar refractivity (Wildman–Crippen MR) is 63.1 cm³/mol. The summed E-state index contributed by atoms with van der Waals surface area (Å²) in [7, 11) is 0. The first-order valence-corrected chi connectivity index (χ1v) is 5.11. The minimum Gasteiger partial charge on any atom is -0.507 e. The summed E-state index contributed by atoms with van der Waals surface area (Å²) in [6.07, 6.45) is 3.01. The molecular weight excluding hydrogens is 242 g/mol. The van der Waals surface area contributed by atoms with Crippen molar-refractivity contribution in [1.82, 2.24) is 9.97 Å². The Hall–Kier alpha value is -2.14. The van der Waals surface area contributed by atoms with E-state index in [2.05, 4.69) is 15.3 Å². The molecule has 0 atom stereocenters. The van der Waals surface area contributed by atoms with Gasteiger partial charge in [-0.2, -0.15) is 0 Å². The fourth-order valence-corrected chi connectivity index (χ4v) is 1.40. The quantitative estimate of drug-likeness (QED) is 0.855. The molecule has 17 heavy (non-hydrogen) atoms. The fourth-order valence-electron chi connectivity index (χ4n) is 1.23. The molecule has 86 valence electrons. The second-order valence-electron chi connectivity index (χ2n) is 3.19. The minimum atomic E-state index is -0.495. The van der Waals surface area contributed by atoms with Crippen LogP contribution in [-0.2, 0) is 0 Å². The van der Waals surface area contributed by atoms with Crippen molar-refractivity contribution in [2.75, 3.05) is 5.32 Å². The molecule has 1 amide bonds. The van der Waals surface area contributed by atoms with Gasteiger partial charge >= 0.3 is 0 Å². The van der Waals surface area contributed by atoms with Crippen molar-refractivity contribution < 1.29 is 9.90 Å². The molecule has 1 aromatic heterocycles. The van der Waals surface area contributed by atoms with Gasteiger partial charge in [0.1, 0.15) is 5.75 Å². The number of carbonyl (C=O) groups excluding carboxylic acids is 1. The number of carbonyl (C=O) groups is 1. The van der Waals surface area contributed by atoms with E-state index in [1.165, 1.54) is 30.6 Å². The molecule has 5 nitrogen and oxygen atoms in total. The third-order valence-corrected chi connectivity index (χ3v) is 2.23. The Bertz CT molecular complexity index is 546. The number of aromatic hydroxyl groups is 1. The number of benzene rings is 1. The Kier molecular flexibility index (Phi) is 3.20. The standard InChI is InChI=1S/C11H8ClN3O2/c12-7-2-3-8(9(16)6-7)10(17)15-11-13-4-1-5-14-11/h1-6,16H,(H,13,14,15,17). The van der Waals surface area contributed by atoms with Crippen LogP contribution in [0.2, 0.25) is 5.02 Å². The number of aromatic nitrogens is 2.